The van der Waals surface area contributed by atoms with Gasteiger partial charge in [-0.3, -0.25) is 9.69 Å². The first-order chi connectivity index (χ1) is 15.2. The van der Waals surface area contributed by atoms with E-state index in [1.54, 1.807) is 0 Å². The molecular weight excluding hydrogens is 392 g/mol. The molecule has 0 unspecified atom stereocenters. The lowest BCUT2D eigenvalue weighted by Gasteiger charge is -2.33. The van der Waals surface area contributed by atoms with Gasteiger partial charge in [-0.1, -0.05) is 19.1 Å². The number of nitrogens with one attached hydrogen (secondary N) is 1. The van der Waals surface area contributed by atoms with Crippen LogP contribution in [0.25, 0.3) is 11.0 Å². The van der Waals surface area contributed by atoms with Crippen molar-refractivity contribution in [2.45, 2.75) is 45.2 Å². The highest BCUT2D eigenvalue weighted by atomic mass is 16.5. The summed E-state index contributed by atoms with van der Waals surface area (Å²) in [6.07, 6.45) is 3.78. The molecule has 3 aromatic rings. The fraction of sp³-hybridized carbons (Fsp3) is 0.500. The zero-order chi connectivity index (χ0) is 21.2. The van der Waals surface area contributed by atoms with Crippen molar-refractivity contribution in [2.75, 3.05) is 32.8 Å². The van der Waals surface area contributed by atoms with Gasteiger partial charge in [-0.15, -0.1) is 0 Å². The van der Waals surface area contributed by atoms with Gasteiger partial charge in [-0.05, 0) is 37.5 Å². The summed E-state index contributed by atoms with van der Waals surface area (Å²) in [4.78, 5) is 26.0. The first-order valence-corrected chi connectivity index (χ1v) is 11.4. The number of imidazole rings is 1. The van der Waals surface area contributed by atoms with E-state index in [1.807, 2.05) is 35.2 Å². The Kier molecular flexibility index (Phi) is 5.78. The molecule has 7 heteroatoms. The second kappa shape index (κ2) is 8.85. The average molecular weight is 423 g/mol. The Labute approximate surface area is 182 Å². The van der Waals surface area contributed by atoms with Gasteiger partial charge in [0.1, 0.15) is 11.6 Å². The maximum Gasteiger partial charge on any atom is 0.290 e. The number of ether oxygens (including phenoxy) is 1. The minimum atomic E-state index is -0.0495. The number of fused-ring (bicyclic) bond motifs is 1. The molecule has 1 N–H and O–H groups in total. The number of para-hydroxylation sites is 2. The molecule has 31 heavy (non-hydrogen) atoms. The van der Waals surface area contributed by atoms with Gasteiger partial charge in [0.2, 0.25) is 0 Å². The fourth-order valence-corrected chi connectivity index (χ4v) is 4.74. The van der Waals surface area contributed by atoms with Crippen LogP contribution < -0.4 is 0 Å². The Morgan fingerprint density at radius 1 is 1.19 bits per heavy atom. The van der Waals surface area contributed by atoms with E-state index in [-0.39, 0.29) is 11.9 Å². The standard InChI is InChI=1S/C24H30N4O3/c1-2-21-17(16-27-11-13-30-14-12-27)15-22(31-21)24(29)28-10-6-5-9-20(28)23-25-18-7-3-4-8-19(18)26-23/h3-4,7-8,15,20H,2,5-6,9-14,16H2,1H3,(H,25,26)/t20-/m1/s1. The van der Waals surface area contributed by atoms with Crippen molar-refractivity contribution in [1.29, 1.82) is 0 Å². The Hall–Kier alpha value is -2.64. The van der Waals surface area contributed by atoms with E-state index in [0.717, 1.165) is 93.3 Å². The van der Waals surface area contributed by atoms with Crippen LogP contribution in [-0.4, -0.2) is 58.5 Å². The topological polar surface area (TPSA) is 74.6 Å². The predicted octanol–water partition coefficient (Wildman–Crippen LogP) is 3.92. The van der Waals surface area contributed by atoms with Crippen molar-refractivity contribution < 1.29 is 13.9 Å². The molecule has 1 atom stereocenters. The molecule has 164 valence electrons. The number of hydrogen-bond donors (Lipinski definition) is 1. The molecule has 0 spiro atoms. The lowest BCUT2D eigenvalue weighted by molar-refractivity contribution is 0.0339. The lowest BCUT2D eigenvalue weighted by Crippen LogP contribution is -2.38. The number of carbonyl (C=O) groups is 1. The van der Waals surface area contributed by atoms with Crippen molar-refractivity contribution in [3.63, 3.8) is 0 Å². The van der Waals surface area contributed by atoms with Crippen molar-refractivity contribution in [1.82, 2.24) is 19.8 Å². The number of carbonyl (C=O) groups excluding carboxylic acids is 1. The number of furan rings is 1. The second-order valence-corrected chi connectivity index (χ2v) is 8.45. The maximum absolute atomic E-state index is 13.5. The molecule has 2 aliphatic heterocycles. The molecule has 1 amide bonds. The molecule has 4 heterocycles. The van der Waals surface area contributed by atoms with Gasteiger partial charge in [0.15, 0.2) is 5.76 Å². The number of piperidine rings is 1. The summed E-state index contributed by atoms with van der Waals surface area (Å²) in [5.74, 6) is 2.19. The summed E-state index contributed by atoms with van der Waals surface area (Å²) in [6.45, 7) is 6.96. The lowest BCUT2D eigenvalue weighted by atomic mass is 10.0. The third kappa shape index (κ3) is 4.12. The zero-order valence-corrected chi connectivity index (χ0v) is 18.1. The number of hydrogen-bond acceptors (Lipinski definition) is 5. The molecule has 2 aliphatic rings. The van der Waals surface area contributed by atoms with Crippen molar-refractivity contribution in [3.05, 3.63) is 53.2 Å². The predicted molar refractivity (Wildman–Crippen MR) is 118 cm³/mol. The quantitative estimate of drug-likeness (QED) is 0.675. The van der Waals surface area contributed by atoms with E-state index in [1.165, 1.54) is 0 Å². The minimum absolute atomic E-state index is 0.0342. The summed E-state index contributed by atoms with van der Waals surface area (Å²) in [6, 6.07) is 9.93. The number of aromatic amines is 1. The Bertz CT molecular complexity index is 1020. The molecule has 2 fully saturated rings. The summed E-state index contributed by atoms with van der Waals surface area (Å²) >= 11 is 0. The third-order valence-corrected chi connectivity index (χ3v) is 6.41. The number of rotatable bonds is 5. The summed E-state index contributed by atoms with van der Waals surface area (Å²) in [5, 5.41) is 0. The van der Waals surface area contributed by atoms with Crippen LogP contribution in [0, 0.1) is 0 Å². The third-order valence-electron chi connectivity index (χ3n) is 6.41. The zero-order valence-electron chi connectivity index (χ0n) is 18.1. The van der Waals surface area contributed by atoms with Crippen LogP contribution in [0.3, 0.4) is 0 Å². The summed E-state index contributed by atoms with van der Waals surface area (Å²) in [5.41, 5.74) is 3.06. The maximum atomic E-state index is 13.5. The van der Waals surface area contributed by atoms with Crippen LogP contribution in [0.5, 0.6) is 0 Å². The minimum Gasteiger partial charge on any atom is -0.456 e. The number of H-pyrrole nitrogens is 1. The van der Waals surface area contributed by atoms with Gasteiger partial charge >= 0.3 is 0 Å². The van der Waals surface area contributed by atoms with Crippen LogP contribution in [0.15, 0.2) is 34.7 Å². The Morgan fingerprint density at radius 2 is 2.03 bits per heavy atom. The molecule has 7 nitrogen and oxygen atoms in total. The van der Waals surface area contributed by atoms with Crippen LogP contribution >= 0.6 is 0 Å². The molecule has 2 aromatic heterocycles. The fourth-order valence-electron chi connectivity index (χ4n) is 4.74. The van der Waals surface area contributed by atoms with E-state index in [2.05, 4.69) is 16.8 Å². The number of aryl methyl sites for hydroxylation is 1. The normalized spacial score (nSPS) is 20.4. The van der Waals surface area contributed by atoms with Gasteiger partial charge in [-0.25, -0.2) is 4.98 Å². The van der Waals surface area contributed by atoms with Gasteiger partial charge in [0.05, 0.1) is 30.3 Å². The van der Waals surface area contributed by atoms with E-state index in [0.29, 0.717) is 5.76 Å². The Morgan fingerprint density at radius 3 is 2.84 bits per heavy atom. The number of likely N-dealkylation sites (tertiary alicyclic amines) is 1. The number of morpholine rings is 1. The second-order valence-electron chi connectivity index (χ2n) is 8.45. The first kappa shape index (κ1) is 20.3. The van der Waals surface area contributed by atoms with Gasteiger partial charge in [-0.2, -0.15) is 0 Å². The number of amides is 1. The van der Waals surface area contributed by atoms with E-state index >= 15 is 0 Å². The van der Waals surface area contributed by atoms with Gasteiger partial charge in [0, 0.05) is 38.2 Å². The molecule has 0 aliphatic carbocycles. The highest BCUT2D eigenvalue weighted by molar-refractivity contribution is 5.92. The van der Waals surface area contributed by atoms with E-state index < -0.39 is 0 Å². The highest BCUT2D eigenvalue weighted by Crippen LogP contribution is 2.32. The molecular formula is C24H30N4O3. The van der Waals surface area contributed by atoms with Crippen LogP contribution in [0.4, 0.5) is 0 Å². The van der Waals surface area contributed by atoms with Crippen LogP contribution in [0.2, 0.25) is 0 Å². The van der Waals surface area contributed by atoms with Crippen LogP contribution in [0.1, 0.15) is 59.9 Å². The highest BCUT2D eigenvalue weighted by Gasteiger charge is 2.33. The monoisotopic (exact) mass is 422 g/mol. The number of aromatic nitrogens is 2. The van der Waals surface area contributed by atoms with Crippen molar-refractivity contribution >= 4 is 16.9 Å². The molecule has 0 radical (unpaired) electrons. The van der Waals surface area contributed by atoms with Crippen molar-refractivity contribution in [2.24, 2.45) is 0 Å². The average Bonchev–Trinajstić information content (AvgIpc) is 3.43. The van der Waals surface area contributed by atoms with Crippen LogP contribution in [-0.2, 0) is 17.7 Å². The smallest absolute Gasteiger partial charge is 0.290 e. The van der Waals surface area contributed by atoms with Gasteiger partial charge < -0.3 is 19.0 Å². The molecule has 0 bridgehead atoms. The number of nitrogens with zero attached hydrogens (tertiary/aromatic N) is 3. The molecule has 2 saturated heterocycles. The molecule has 5 rings (SSSR count). The first-order valence-electron chi connectivity index (χ1n) is 11.4. The largest absolute Gasteiger partial charge is 0.456 e. The van der Waals surface area contributed by atoms with E-state index in [4.69, 9.17) is 14.1 Å². The molecule has 1 aromatic carbocycles. The van der Waals surface area contributed by atoms with Gasteiger partial charge in [0.25, 0.3) is 5.91 Å². The van der Waals surface area contributed by atoms with E-state index in [9.17, 15) is 4.79 Å². The molecule has 0 saturated carbocycles. The SMILES string of the molecule is CCc1oc(C(=O)N2CCCC[C@@H]2c2nc3ccccc3[nH]2)cc1CN1CCOCC1. The van der Waals surface area contributed by atoms with Crippen molar-refractivity contribution in [3.8, 4) is 0 Å². The Balaban J connectivity index is 1.39. The number of benzene rings is 1. The summed E-state index contributed by atoms with van der Waals surface area (Å²) < 4.78 is 11.5. The summed E-state index contributed by atoms with van der Waals surface area (Å²) in [7, 11) is 0.